The molecule has 0 aliphatic carbocycles. The number of hydrogen-bond donors (Lipinski definition) is 0. The van der Waals surface area contributed by atoms with E-state index in [0.717, 1.165) is 32.3 Å². The first kappa shape index (κ1) is 13.7. The minimum atomic E-state index is 0.0394. The molecule has 0 radical (unpaired) electrons. The Balaban J connectivity index is 2.41. The third kappa shape index (κ3) is 4.26. The summed E-state index contributed by atoms with van der Waals surface area (Å²) in [6.07, 6.45) is 9.09. The van der Waals surface area contributed by atoms with E-state index < -0.39 is 0 Å². The van der Waals surface area contributed by atoms with Crippen molar-refractivity contribution >= 4 is 0 Å². The van der Waals surface area contributed by atoms with E-state index in [2.05, 4.69) is 20.4 Å². The van der Waals surface area contributed by atoms with Crippen LogP contribution in [-0.2, 0) is 9.47 Å². The molecule has 1 heterocycles. The molecule has 1 unspecified atom stereocenters. The number of ether oxygens (including phenoxy) is 2. The molecule has 1 aliphatic heterocycles. The number of rotatable bonds is 7. The van der Waals surface area contributed by atoms with E-state index in [4.69, 9.17) is 9.47 Å². The fourth-order valence-electron chi connectivity index (χ4n) is 2.35. The molecule has 0 bridgehead atoms. The fraction of sp³-hybridized carbons (Fsp3) is 0.857. The SMILES string of the molecule is C=CC[C@@H](CC)[C@@H](CC)OC1CCCCO1. The van der Waals surface area contributed by atoms with Crippen molar-refractivity contribution < 1.29 is 9.47 Å². The third-order valence-electron chi connectivity index (χ3n) is 3.39. The van der Waals surface area contributed by atoms with Gasteiger partial charge in [-0.25, -0.2) is 0 Å². The van der Waals surface area contributed by atoms with Crippen molar-refractivity contribution in [3.63, 3.8) is 0 Å². The zero-order valence-electron chi connectivity index (χ0n) is 10.8. The molecule has 94 valence electrons. The summed E-state index contributed by atoms with van der Waals surface area (Å²) in [6.45, 7) is 9.10. The van der Waals surface area contributed by atoms with Gasteiger partial charge in [0.25, 0.3) is 0 Å². The van der Waals surface area contributed by atoms with Crippen LogP contribution in [0.25, 0.3) is 0 Å². The van der Waals surface area contributed by atoms with Crippen LogP contribution < -0.4 is 0 Å². The molecule has 0 spiro atoms. The van der Waals surface area contributed by atoms with E-state index in [1.807, 2.05) is 6.08 Å². The van der Waals surface area contributed by atoms with Gasteiger partial charge in [-0.15, -0.1) is 6.58 Å². The lowest BCUT2D eigenvalue weighted by Gasteiger charge is -2.31. The Morgan fingerprint density at radius 1 is 1.38 bits per heavy atom. The van der Waals surface area contributed by atoms with E-state index in [1.54, 1.807) is 0 Å². The Morgan fingerprint density at radius 3 is 2.69 bits per heavy atom. The molecule has 16 heavy (non-hydrogen) atoms. The van der Waals surface area contributed by atoms with Gasteiger partial charge in [0.15, 0.2) is 6.29 Å². The lowest BCUT2D eigenvalue weighted by molar-refractivity contribution is -0.199. The van der Waals surface area contributed by atoms with Crippen molar-refractivity contribution in [3.8, 4) is 0 Å². The first-order valence-corrected chi connectivity index (χ1v) is 6.69. The fourth-order valence-corrected chi connectivity index (χ4v) is 2.35. The Kier molecular flexibility index (Phi) is 6.74. The van der Waals surface area contributed by atoms with Crippen LogP contribution in [0.15, 0.2) is 12.7 Å². The lowest BCUT2D eigenvalue weighted by atomic mass is 9.94. The normalized spacial score (nSPS) is 25.0. The van der Waals surface area contributed by atoms with Gasteiger partial charge in [-0.3, -0.25) is 0 Å². The molecule has 1 saturated heterocycles. The Morgan fingerprint density at radius 2 is 2.19 bits per heavy atom. The van der Waals surface area contributed by atoms with Crippen LogP contribution in [0.3, 0.4) is 0 Å². The molecule has 2 heteroatoms. The monoisotopic (exact) mass is 226 g/mol. The van der Waals surface area contributed by atoms with Crippen molar-refractivity contribution in [2.45, 2.75) is 64.8 Å². The molecule has 1 rings (SSSR count). The summed E-state index contributed by atoms with van der Waals surface area (Å²) in [5, 5.41) is 0. The summed E-state index contributed by atoms with van der Waals surface area (Å²) < 4.78 is 11.7. The molecule has 2 nitrogen and oxygen atoms in total. The number of hydrogen-bond acceptors (Lipinski definition) is 2. The van der Waals surface area contributed by atoms with Crippen molar-refractivity contribution in [3.05, 3.63) is 12.7 Å². The highest BCUT2D eigenvalue weighted by atomic mass is 16.7. The Bertz CT molecular complexity index is 185. The minimum Gasteiger partial charge on any atom is -0.353 e. The van der Waals surface area contributed by atoms with E-state index in [0.29, 0.717) is 12.0 Å². The molecule has 1 fully saturated rings. The summed E-state index contributed by atoms with van der Waals surface area (Å²) in [5.74, 6) is 0.591. The van der Waals surface area contributed by atoms with Gasteiger partial charge in [0.2, 0.25) is 0 Å². The van der Waals surface area contributed by atoms with Crippen molar-refractivity contribution in [2.75, 3.05) is 6.61 Å². The lowest BCUT2D eigenvalue weighted by Crippen LogP contribution is -2.32. The first-order valence-electron chi connectivity index (χ1n) is 6.69. The third-order valence-corrected chi connectivity index (χ3v) is 3.39. The van der Waals surface area contributed by atoms with E-state index >= 15 is 0 Å². The van der Waals surface area contributed by atoms with Crippen LogP contribution in [0.2, 0.25) is 0 Å². The van der Waals surface area contributed by atoms with Gasteiger partial charge < -0.3 is 9.47 Å². The second kappa shape index (κ2) is 7.86. The van der Waals surface area contributed by atoms with Crippen molar-refractivity contribution in [1.29, 1.82) is 0 Å². The molecule has 0 saturated carbocycles. The van der Waals surface area contributed by atoms with Crippen LogP contribution in [0.1, 0.15) is 52.4 Å². The summed E-state index contributed by atoms with van der Waals surface area (Å²) in [5.41, 5.74) is 0. The van der Waals surface area contributed by atoms with Gasteiger partial charge in [-0.05, 0) is 38.0 Å². The molecule has 0 aromatic rings. The average Bonchev–Trinajstić information content (AvgIpc) is 2.35. The van der Waals surface area contributed by atoms with E-state index in [9.17, 15) is 0 Å². The molecule has 0 aromatic heterocycles. The quantitative estimate of drug-likeness (QED) is 0.613. The topological polar surface area (TPSA) is 18.5 Å². The Hall–Kier alpha value is -0.340. The number of allylic oxidation sites excluding steroid dienone is 1. The van der Waals surface area contributed by atoms with Gasteiger partial charge >= 0.3 is 0 Å². The highest BCUT2D eigenvalue weighted by Crippen LogP contribution is 2.24. The maximum atomic E-state index is 6.08. The van der Waals surface area contributed by atoms with Gasteiger partial charge in [0.05, 0.1) is 6.10 Å². The van der Waals surface area contributed by atoms with Crippen LogP contribution in [0, 0.1) is 5.92 Å². The first-order chi connectivity index (χ1) is 7.81. The smallest absolute Gasteiger partial charge is 0.157 e. The molecule has 1 aliphatic rings. The van der Waals surface area contributed by atoms with Crippen molar-refractivity contribution in [1.82, 2.24) is 0 Å². The molecular formula is C14H26O2. The van der Waals surface area contributed by atoms with Gasteiger partial charge in [-0.2, -0.15) is 0 Å². The van der Waals surface area contributed by atoms with Crippen LogP contribution in [0.5, 0.6) is 0 Å². The predicted octanol–water partition coefficient (Wildman–Crippen LogP) is 3.91. The van der Waals surface area contributed by atoms with Crippen molar-refractivity contribution in [2.24, 2.45) is 5.92 Å². The zero-order valence-corrected chi connectivity index (χ0v) is 10.8. The standard InChI is InChI=1S/C14H26O2/c1-4-9-12(5-2)13(6-3)16-14-10-7-8-11-15-14/h4,12-14H,1,5-11H2,2-3H3/t12-,13-,14?/m1/s1. The molecule has 0 amide bonds. The van der Waals surface area contributed by atoms with E-state index in [-0.39, 0.29) is 6.29 Å². The van der Waals surface area contributed by atoms with Crippen LogP contribution in [-0.4, -0.2) is 19.0 Å². The Labute approximate surface area is 100 Å². The van der Waals surface area contributed by atoms with Gasteiger partial charge in [-0.1, -0.05) is 26.3 Å². The van der Waals surface area contributed by atoms with E-state index in [1.165, 1.54) is 12.8 Å². The maximum absolute atomic E-state index is 6.08. The van der Waals surface area contributed by atoms with Crippen LogP contribution in [0.4, 0.5) is 0 Å². The second-order valence-corrected chi connectivity index (χ2v) is 4.57. The summed E-state index contributed by atoms with van der Waals surface area (Å²) in [4.78, 5) is 0. The summed E-state index contributed by atoms with van der Waals surface area (Å²) in [6, 6.07) is 0. The largest absolute Gasteiger partial charge is 0.353 e. The summed E-state index contributed by atoms with van der Waals surface area (Å²) >= 11 is 0. The molecule has 0 N–H and O–H groups in total. The molecule has 3 atom stereocenters. The van der Waals surface area contributed by atoms with Gasteiger partial charge in [0, 0.05) is 6.61 Å². The average molecular weight is 226 g/mol. The molecular weight excluding hydrogens is 200 g/mol. The minimum absolute atomic E-state index is 0.0394. The van der Waals surface area contributed by atoms with Crippen LogP contribution >= 0.6 is 0 Å². The highest BCUT2D eigenvalue weighted by Gasteiger charge is 2.23. The second-order valence-electron chi connectivity index (χ2n) is 4.57. The highest BCUT2D eigenvalue weighted by molar-refractivity contribution is 4.78. The van der Waals surface area contributed by atoms with Gasteiger partial charge in [0.1, 0.15) is 0 Å². The molecule has 0 aromatic carbocycles. The predicted molar refractivity (Wildman–Crippen MR) is 67.4 cm³/mol. The maximum Gasteiger partial charge on any atom is 0.157 e. The zero-order chi connectivity index (χ0) is 11.8. The summed E-state index contributed by atoms with van der Waals surface area (Å²) in [7, 11) is 0.